The van der Waals surface area contributed by atoms with Crippen LogP contribution in [-0.2, 0) is 0 Å². The van der Waals surface area contributed by atoms with Crippen LogP contribution >= 0.6 is 22.9 Å². The lowest BCUT2D eigenvalue weighted by atomic mass is 10.2. The van der Waals surface area contributed by atoms with Crippen LogP contribution in [0.4, 0.5) is 5.69 Å². The summed E-state index contributed by atoms with van der Waals surface area (Å²) in [6, 6.07) is 5.54. The molecular formula is C12H8ClNO4S. The van der Waals surface area contributed by atoms with Crippen molar-refractivity contribution in [3.8, 4) is 5.75 Å². The number of nitrogens with one attached hydrogen (secondary N) is 1. The molecule has 2 rings (SSSR count). The van der Waals surface area contributed by atoms with Crippen LogP contribution in [0.2, 0.25) is 5.02 Å². The minimum Gasteiger partial charge on any atom is -0.507 e. The molecule has 98 valence electrons. The highest BCUT2D eigenvalue weighted by molar-refractivity contribution is 7.12. The number of thiophene rings is 1. The molecule has 1 amide bonds. The van der Waals surface area contributed by atoms with Gasteiger partial charge in [-0.3, -0.25) is 4.79 Å². The summed E-state index contributed by atoms with van der Waals surface area (Å²) in [4.78, 5) is 22.9. The Labute approximate surface area is 117 Å². The van der Waals surface area contributed by atoms with E-state index in [2.05, 4.69) is 5.32 Å². The van der Waals surface area contributed by atoms with Gasteiger partial charge in [-0.25, -0.2) is 4.79 Å². The molecule has 1 aromatic carbocycles. The summed E-state index contributed by atoms with van der Waals surface area (Å²) in [5, 5.41) is 22.8. The van der Waals surface area contributed by atoms with Crippen molar-refractivity contribution in [2.45, 2.75) is 0 Å². The first-order valence-corrected chi connectivity index (χ1v) is 6.35. The van der Waals surface area contributed by atoms with Crippen LogP contribution in [0.3, 0.4) is 0 Å². The van der Waals surface area contributed by atoms with Crippen molar-refractivity contribution < 1.29 is 19.8 Å². The highest BCUT2D eigenvalue weighted by Gasteiger charge is 2.17. The molecule has 0 aliphatic heterocycles. The molecule has 0 unspecified atom stereocenters. The highest BCUT2D eigenvalue weighted by Crippen LogP contribution is 2.26. The third kappa shape index (κ3) is 2.86. The minimum atomic E-state index is -1.12. The number of hydrogen-bond acceptors (Lipinski definition) is 4. The summed E-state index contributed by atoms with van der Waals surface area (Å²) in [5.41, 5.74) is 0.212. The maximum absolute atomic E-state index is 11.9. The summed E-state index contributed by atoms with van der Waals surface area (Å²) in [5.74, 6) is -1.99. The molecule has 0 saturated carbocycles. The predicted octanol–water partition coefficient (Wildman–Crippen LogP) is 3.06. The standard InChI is InChI=1S/C12H8ClNO4S/c13-6-1-2-7(9(15)5-6)11(16)14-8-3-4-19-10(8)12(17)18/h1-5,15H,(H,14,16)(H,17,18). The number of rotatable bonds is 3. The zero-order valence-electron chi connectivity index (χ0n) is 9.38. The summed E-state index contributed by atoms with van der Waals surface area (Å²) in [6.45, 7) is 0. The molecule has 0 fully saturated rings. The van der Waals surface area contributed by atoms with Crippen LogP contribution in [0.5, 0.6) is 5.75 Å². The fourth-order valence-electron chi connectivity index (χ4n) is 1.46. The number of aromatic hydroxyl groups is 1. The molecule has 0 bridgehead atoms. The molecule has 0 aliphatic carbocycles. The zero-order valence-corrected chi connectivity index (χ0v) is 11.0. The Hall–Kier alpha value is -2.05. The Bertz CT molecular complexity index is 653. The summed E-state index contributed by atoms with van der Waals surface area (Å²) < 4.78 is 0. The number of anilines is 1. The molecule has 7 heteroatoms. The molecule has 19 heavy (non-hydrogen) atoms. The first kappa shape index (κ1) is 13.4. The van der Waals surface area contributed by atoms with Gasteiger partial charge in [-0.05, 0) is 29.6 Å². The van der Waals surface area contributed by atoms with Gasteiger partial charge in [0.05, 0.1) is 11.3 Å². The normalized spacial score (nSPS) is 10.2. The van der Waals surface area contributed by atoms with Crippen molar-refractivity contribution in [3.05, 3.63) is 45.1 Å². The Balaban J connectivity index is 2.26. The van der Waals surface area contributed by atoms with Crippen LogP contribution in [-0.4, -0.2) is 22.1 Å². The third-order valence-electron chi connectivity index (χ3n) is 2.31. The highest BCUT2D eigenvalue weighted by atomic mass is 35.5. The Morgan fingerprint density at radius 3 is 2.63 bits per heavy atom. The van der Waals surface area contributed by atoms with Gasteiger partial charge in [-0.15, -0.1) is 11.3 Å². The van der Waals surface area contributed by atoms with Crippen LogP contribution in [0, 0.1) is 0 Å². The molecule has 3 N–H and O–H groups in total. The maximum Gasteiger partial charge on any atom is 0.348 e. The summed E-state index contributed by atoms with van der Waals surface area (Å²) >= 11 is 6.67. The smallest absolute Gasteiger partial charge is 0.348 e. The van der Waals surface area contributed by atoms with E-state index in [1.165, 1.54) is 24.3 Å². The van der Waals surface area contributed by atoms with Crippen molar-refractivity contribution in [3.63, 3.8) is 0 Å². The number of carboxylic acids is 1. The monoisotopic (exact) mass is 297 g/mol. The van der Waals surface area contributed by atoms with E-state index in [1.807, 2.05) is 0 Å². The van der Waals surface area contributed by atoms with Gasteiger partial charge in [0.2, 0.25) is 0 Å². The van der Waals surface area contributed by atoms with Gasteiger partial charge in [0, 0.05) is 5.02 Å². The Morgan fingerprint density at radius 2 is 2.00 bits per heavy atom. The summed E-state index contributed by atoms with van der Waals surface area (Å²) in [6.07, 6.45) is 0. The van der Waals surface area contributed by atoms with E-state index in [-0.39, 0.29) is 21.9 Å². The van der Waals surface area contributed by atoms with Crippen molar-refractivity contribution in [1.82, 2.24) is 0 Å². The first-order valence-electron chi connectivity index (χ1n) is 5.09. The minimum absolute atomic E-state index is 0.0203. The van der Waals surface area contributed by atoms with Gasteiger partial charge in [0.15, 0.2) is 0 Å². The lowest BCUT2D eigenvalue weighted by molar-refractivity contribution is 0.0703. The van der Waals surface area contributed by atoms with Gasteiger partial charge in [0.25, 0.3) is 5.91 Å². The van der Waals surface area contributed by atoms with E-state index >= 15 is 0 Å². The second kappa shape index (κ2) is 5.29. The maximum atomic E-state index is 11.9. The largest absolute Gasteiger partial charge is 0.507 e. The number of carbonyl (C=O) groups excluding carboxylic acids is 1. The van der Waals surface area contributed by atoms with E-state index in [0.29, 0.717) is 5.02 Å². The number of phenolic OH excluding ortho intramolecular Hbond substituents is 1. The lowest BCUT2D eigenvalue weighted by Crippen LogP contribution is -2.13. The molecule has 5 nitrogen and oxygen atoms in total. The van der Waals surface area contributed by atoms with E-state index in [9.17, 15) is 14.7 Å². The number of amides is 1. The van der Waals surface area contributed by atoms with E-state index < -0.39 is 11.9 Å². The van der Waals surface area contributed by atoms with Crippen molar-refractivity contribution in [1.29, 1.82) is 0 Å². The Morgan fingerprint density at radius 1 is 1.26 bits per heavy atom. The third-order valence-corrected chi connectivity index (χ3v) is 3.45. The molecular weight excluding hydrogens is 290 g/mol. The number of benzene rings is 1. The number of aromatic carboxylic acids is 1. The number of carboxylic acid groups (broad SMARTS) is 1. The molecule has 0 radical (unpaired) electrons. The van der Waals surface area contributed by atoms with Crippen molar-refractivity contribution >= 4 is 40.5 Å². The van der Waals surface area contributed by atoms with Gasteiger partial charge < -0.3 is 15.5 Å². The zero-order chi connectivity index (χ0) is 14.0. The van der Waals surface area contributed by atoms with Crippen LogP contribution in [0.1, 0.15) is 20.0 Å². The second-order valence-corrected chi connectivity index (χ2v) is 4.94. The lowest BCUT2D eigenvalue weighted by Gasteiger charge is -2.06. The molecule has 0 saturated heterocycles. The molecule has 0 atom stereocenters. The molecule has 0 aliphatic rings. The fourth-order valence-corrected chi connectivity index (χ4v) is 2.31. The van der Waals surface area contributed by atoms with Gasteiger partial charge >= 0.3 is 5.97 Å². The van der Waals surface area contributed by atoms with Crippen molar-refractivity contribution in [2.75, 3.05) is 5.32 Å². The quantitative estimate of drug-likeness (QED) is 0.812. The molecule has 0 spiro atoms. The van der Waals surface area contributed by atoms with Gasteiger partial charge in [-0.1, -0.05) is 11.6 Å². The Kier molecular flexibility index (Phi) is 3.73. The van der Waals surface area contributed by atoms with Gasteiger partial charge in [0.1, 0.15) is 10.6 Å². The first-order chi connectivity index (χ1) is 8.99. The van der Waals surface area contributed by atoms with Crippen LogP contribution < -0.4 is 5.32 Å². The van der Waals surface area contributed by atoms with Crippen LogP contribution in [0.25, 0.3) is 0 Å². The number of carbonyl (C=O) groups is 2. The average Bonchev–Trinajstić information content (AvgIpc) is 2.76. The van der Waals surface area contributed by atoms with E-state index in [1.54, 1.807) is 5.38 Å². The summed E-state index contributed by atoms with van der Waals surface area (Å²) in [7, 11) is 0. The fraction of sp³-hybridized carbons (Fsp3) is 0. The topological polar surface area (TPSA) is 86.6 Å². The van der Waals surface area contributed by atoms with E-state index in [4.69, 9.17) is 16.7 Å². The van der Waals surface area contributed by atoms with E-state index in [0.717, 1.165) is 11.3 Å². The predicted molar refractivity (Wildman–Crippen MR) is 72.3 cm³/mol. The number of halogens is 1. The molecule has 1 aromatic heterocycles. The number of hydrogen-bond donors (Lipinski definition) is 3. The van der Waals surface area contributed by atoms with Gasteiger partial charge in [-0.2, -0.15) is 0 Å². The molecule has 1 heterocycles. The van der Waals surface area contributed by atoms with Crippen molar-refractivity contribution in [2.24, 2.45) is 0 Å². The molecule has 2 aromatic rings. The SMILES string of the molecule is O=C(Nc1ccsc1C(=O)O)c1ccc(Cl)cc1O. The number of phenols is 1. The second-order valence-electron chi connectivity index (χ2n) is 3.58. The van der Waals surface area contributed by atoms with Crippen LogP contribution in [0.15, 0.2) is 29.6 Å². The average molecular weight is 298 g/mol.